The van der Waals surface area contributed by atoms with Gasteiger partial charge in [0.05, 0.1) is 17.7 Å². The summed E-state index contributed by atoms with van der Waals surface area (Å²) >= 11 is 17.4. The average Bonchev–Trinajstić information content (AvgIpc) is 2.92. The first-order chi connectivity index (χ1) is 14.8. The number of benzene rings is 3. The number of hydrogen-bond acceptors (Lipinski definition) is 4. The maximum atomic E-state index is 12.6. The molecule has 0 saturated carbocycles. The van der Waals surface area contributed by atoms with Gasteiger partial charge in [0.25, 0.3) is 11.8 Å². The zero-order chi connectivity index (χ0) is 22.1. The first-order valence-electron chi connectivity index (χ1n) is 9.19. The lowest BCUT2D eigenvalue weighted by atomic mass is 10.1. The summed E-state index contributed by atoms with van der Waals surface area (Å²) in [4.78, 5) is 26.4. The molecule has 0 aliphatic carbocycles. The molecular formula is C22H16Cl2N4O2S. The Bertz CT molecular complexity index is 1180. The minimum Gasteiger partial charge on any atom is -0.399 e. The van der Waals surface area contributed by atoms with E-state index in [0.29, 0.717) is 48.9 Å². The second-order valence-electron chi connectivity index (χ2n) is 6.94. The Labute approximate surface area is 193 Å². The molecule has 1 aliphatic rings. The quantitative estimate of drug-likeness (QED) is 0.276. The van der Waals surface area contributed by atoms with Crippen LogP contribution in [0, 0.1) is 0 Å². The topological polar surface area (TPSA) is 87.5 Å². The Balaban J connectivity index is 1.49. The highest BCUT2D eigenvalue weighted by atomic mass is 35.5. The Morgan fingerprint density at radius 2 is 1.42 bits per heavy atom. The molecule has 1 heterocycles. The number of anilines is 3. The van der Waals surface area contributed by atoms with Crippen LogP contribution in [0.3, 0.4) is 0 Å². The molecule has 3 aromatic carbocycles. The first-order valence-corrected chi connectivity index (χ1v) is 10.4. The predicted molar refractivity (Wildman–Crippen MR) is 128 cm³/mol. The molecule has 156 valence electrons. The van der Waals surface area contributed by atoms with Gasteiger partial charge in [0.1, 0.15) is 0 Å². The predicted octanol–water partition coefficient (Wildman–Crippen LogP) is 5.18. The van der Waals surface area contributed by atoms with Gasteiger partial charge in [-0.1, -0.05) is 35.3 Å². The summed E-state index contributed by atoms with van der Waals surface area (Å²) in [5, 5.41) is 7.30. The van der Waals surface area contributed by atoms with Crippen molar-refractivity contribution in [2.24, 2.45) is 0 Å². The molecular weight excluding hydrogens is 455 g/mol. The molecule has 0 spiro atoms. The van der Waals surface area contributed by atoms with Crippen LogP contribution in [-0.2, 0) is 6.54 Å². The van der Waals surface area contributed by atoms with Crippen molar-refractivity contribution in [3.8, 4) is 0 Å². The smallest absolute Gasteiger partial charge is 0.261 e. The van der Waals surface area contributed by atoms with Gasteiger partial charge in [-0.2, -0.15) is 0 Å². The molecule has 2 amide bonds. The van der Waals surface area contributed by atoms with Gasteiger partial charge < -0.3 is 16.4 Å². The van der Waals surface area contributed by atoms with Gasteiger partial charge >= 0.3 is 0 Å². The lowest BCUT2D eigenvalue weighted by Gasteiger charge is -2.16. The van der Waals surface area contributed by atoms with E-state index in [1.165, 1.54) is 4.90 Å². The minimum atomic E-state index is -0.326. The van der Waals surface area contributed by atoms with Gasteiger partial charge in [0.2, 0.25) is 0 Å². The zero-order valence-corrected chi connectivity index (χ0v) is 18.3. The summed E-state index contributed by atoms with van der Waals surface area (Å²) in [6.45, 7) is 0.0934. The van der Waals surface area contributed by atoms with Gasteiger partial charge in [-0.15, -0.1) is 0 Å². The van der Waals surface area contributed by atoms with Crippen molar-refractivity contribution in [3.05, 3.63) is 87.4 Å². The van der Waals surface area contributed by atoms with Crippen LogP contribution in [-0.4, -0.2) is 21.8 Å². The van der Waals surface area contributed by atoms with Crippen LogP contribution in [0.1, 0.15) is 26.3 Å². The molecule has 6 nitrogen and oxygen atoms in total. The van der Waals surface area contributed by atoms with Crippen molar-refractivity contribution >= 4 is 69.4 Å². The molecule has 9 heteroatoms. The van der Waals surface area contributed by atoms with E-state index in [-0.39, 0.29) is 18.4 Å². The van der Waals surface area contributed by atoms with Crippen molar-refractivity contribution in [1.29, 1.82) is 0 Å². The molecule has 4 rings (SSSR count). The van der Waals surface area contributed by atoms with Crippen molar-refractivity contribution in [1.82, 2.24) is 4.90 Å². The molecule has 0 atom stereocenters. The van der Waals surface area contributed by atoms with Gasteiger partial charge in [-0.25, -0.2) is 0 Å². The fourth-order valence-electron chi connectivity index (χ4n) is 3.37. The number of nitrogens with zero attached hydrogens (tertiary/aromatic N) is 1. The van der Waals surface area contributed by atoms with Crippen molar-refractivity contribution in [2.45, 2.75) is 6.54 Å². The number of thiocarbonyl (C=S) groups is 1. The van der Waals surface area contributed by atoms with E-state index in [1.54, 1.807) is 60.7 Å². The summed E-state index contributed by atoms with van der Waals surface area (Å²) < 4.78 is 0. The number of nitrogens with two attached hydrogens (primary N) is 1. The fourth-order valence-corrected chi connectivity index (χ4v) is 4.13. The third-order valence-corrected chi connectivity index (χ3v) is 5.25. The molecule has 0 bridgehead atoms. The maximum Gasteiger partial charge on any atom is 0.261 e. The minimum absolute atomic E-state index is 0.0934. The van der Waals surface area contributed by atoms with Crippen molar-refractivity contribution < 1.29 is 9.59 Å². The summed E-state index contributed by atoms with van der Waals surface area (Å²) in [6.07, 6.45) is 0. The van der Waals surface area contributed by atoms with Crippen LogP contribution < -0.4 is 16.4 Å². The number of nitrogens with one attached hydrogen (secondary N) is 2. The fraction of sp³-hybridized carbons (Fsp3) is 0.0455. The van der Waals surface area contributed by atoms with Gasteiger partial charge in [-0.3, -0.25) is 14.5 Å². The van der Waals surface area contributed by atoms with Gasteiger partial charge in [-0.05, 0) is 66.3 Å². The number of rotatable bonds is 4. The monoisotopic (exact) mass is 470 g/mol. The average molecular weight is 471 g/mol. The lowest BCUT2D eigenvalue weighted by Crippen LogP contribution is -2.29. The Morgan fingerprint density at radius 3 is 2.00 bits per heavy atom. The number of halogens is 2. The van der Waals surface area contributed by atoms with Crippen molar-refractivity contribution in [2.75, 3.05) is 16.4 Å². The number of carbonyl (C=O) groups excluding carboxylic acids is 2. The zero-order valence-electron chi connectivity index (χ0n) is 16.0. The largest absolute Gasteiger partial charge is 0.399 e. The SMILES string of the molecule is Nc1cc(CN2C(=O)c3ccccc3C2=O)cc(NC(=S)Nc2cc(Cl)cc(Cl)c2)c1. The highest BCUT2D eigenvalue weighted by Gasteiger charge is 2.35. The van der Waals surface area contributed by atoms with E-state index in [0.717, 1.165) is 0 Å². The standard InChI is InChI=1S/C22H16Cl2N4O2S/c23-13-7-14(24)9-17(8-13)27-22(31)26-16-6-12(5-15(25)10-16)11-28-20(29)18-3-1-2-4-19(18)21(28)30/h1-10H,11,25H2,(H2,26,27,31). The van der Waals surface area contributed by atoms with E-state index >= 15 is 0 Å². The van der Waals surface area contributed by atoms with Crippen LogP contribution in [0.2, 0.25) is 10.0 Å². The number of nitrogen functional groups attached to an aromatic ring is 1. The lowest BCUT2D eigenvalue weighted by molar-refractivity contribution is 0.0642. The van der Waals surface area contributed by atoms with E-state index in [4.69, 9.17) is 41.2 Å². The first kappa shape index (κ1) is 21.1. The molecule has 0 fully saturated rings. The highest BCUT2D eigenvalue weighted by Crippen LogP contribution is 2.26. The second kappa shape index (κ2) is 8.55. The maximum absolute atomic E-state index is 12.6. The Morgan fingerprint density at radius 1 is 0.871 bits per heavy atom. The Kier molecular flexibility index (Phi) is 5.82. The number of amides is 2. The Hall–Kier alpha value is -3.13. The van der Waals surface area contributed by atoms with E-state index in [9.17, 15) is 9.59 Å². The van der Waals surface area contributed by atoms with Gasteiger partial charge in [0, 0.05) is 27.1 Å². The molecule has 3 aromatic rings. The third kappa shape index (κ3) is 4.64. The molecule has 31 heavy (non-hydrogen) atoms. The second-order valence-corrected chi connectivity index (χ2v) is 8.22. The highest BCUT2D eigenvalue weighted by molar-refractivity contribution is 7.80. The van der Waals surface area contributed by atoms with Crippen LogP contribution in [0.4, 0.5) is 17.1 Å². The molecule has 1 aliphatic heterocycles. The molecule has 4 N–H and O–H groups in total. The van der Waals surface area contributed by atoms with Crippen molar-refractivity contribution in [3.63, 3.8) is 0 Å². The summed E-state index contributed by atoms with van der Waals surface area (Å²) in [6, 6.07) is 16.9. The van der Waals surface area contributed by atoms with E-state index in [2.05, 4.69) is 10.6 Å². The number of fused-ring (bicyclic) bond motifs is 1. The van der Waals surface area contributed by atoms with Crippen LogP contribution in [0.15, 0.2) is 60.7 Å². The number of hydrogen-bond donors (Lipinski definition) is 3. The van der Waals surface area contributed by atoms with Gasteiger partial charge in [0.15, 0.2) is 5.11 Å². The number of imide groups is 1. The normalized spacial score (nSPS) is 12.6. The summed E-state index contributed by atoms with van der Waals surface area (Å²) in [5.41, 5.74) is 9.22. The third-order valence-electron chi connectivity index (χ3n) is 4.61. The summed E-state index contributed by atoms with van der Waals surface area (Å²) in [7, 11) is 0. The summed E-state index contributed by atoms with van der Waals surface area (Å²) in [5.74, 6) is -0.653. The molecule has 0 saturated heterocycles. The number of carbonyl (C=O) groups is 2. The van der Waals surface area contributed by atoms with Crippen LogP contribution in [0.5, 0.6) is 0 Å². The van der Waals surface area contributed by atoms with Crippen LogP contribution in [0.25, 0.3) is 0 Å². The van der Waals surface area contributed by atoms with E-state index < -0.39 is 0 Å². The van der Waals surface area contributed by atoms with E-state index in [1.807, 2.05) is 0 Å². The molecule has 0 aromatic heterocycles. The van der Waals surface area contributed by atoms with Crippen LogP contribution >= 0.6 is 35.4 Å². The molecule has 0 unspecified atom stereocenters. The molecule has 0 radical (unpaired) electrons.